The van der Waals surface area contributed by atoms with Crippen LogP contribution in [-0.4, -0.2) is 24.0 Å². The monoisotopic (exact) mass is 222 g/mol. The van der Waals surface area contributed by atoms with Crippen molar-refractivity contribution in [1.82, 2.24) is 0 Å². The molecule has 0 saturated heterocycles. The van der Waals surface area contributed by atoms with Crippen LogP contribution in [0.2, 0.25) is 0 Å². The zero-order valence-electron chi connectivity index (χ0n) is 9.53. The van der Waals surface area contributed by atoms with Crippen molar-refractivity contribution in [3.63, 3.8) is 0 Å². The SMILES string of the molecule is CCC(=O)c1cc(C)cc(C(=O)OC)c1O. The van der Waals surface area contributed by atoms with Gasteiger partial charge in [0.15, 0.2) is 5.78 Å². The fourth-order valence-corrected chi connectivity index (χ4v) is 1.45. The fourth-order valence-electron chi connectivity index (χ4n) is 1.45. The normalized spacial score (nSPS) is 9.94. The maximum atomic E-state index is 11.5. The van der Waals surface area contributed by atoms with Gasteiger partial charge < -0.3 is 9.84 Å². The number of ether oxygens (including phenoxy) is 1. The molecule has 0 aliphatic heterocycles. The van der Waals surface area contributed by atoms with Gasteiger partial charge >= 0.3 is 5.97 Å². The van der Waals surface area contributed by atoms with Crippen LogP contribution in [0.15, 0.2) is 12.1 Å². The minimum atomic E-state index is -0.647. The van der Waals surface area contributed by atoms with Gasteiger partial charge in [0.25, 0.3) is 0 Å². The largest absolute Gasteiger partial charge is 0.506 e. The number of esters is 1. The molecule has 4 heteroatoms. The maximum absolute atomic E-state index is 11.5. The topological polar surface area (TPSA) is 63.6 Å². The van der Waals surface area contributed by atoms with Crippen molar-refractivity contribution in [2.24, 2.45) is 0 Å². The number of aromatic hydroxyl groups is 1. The second-order valence-electron chi connectivity index (χ2n) is 3.48. The van der Waals surface area contributed by atoms with Crippen molar-refractivity contribution in [3.05, 3.63) is 28.8 Å². The van der Waals surface area contributed by atoms with E-state index in [9.17, 15) is 14.7 Å². The van der Waals surface area contributed by atoms with Gasteiger partial charge in [-0.3, -0.25) is 4.79 Å². The van der Waals surface area contributed by atoms with Crippen LogP contribution < -0.4 is 0 Å². The van der Waals surface area contributed by atoms with E-state index in [-0.39, 0.29) is 29.1 Å². The Hall–Kier alpha value is -1.84. The summed E-state index contributed by atoms with van der Waals surface area (Å²) in [5.74, 6) is -1.15. The molecule has 0 aromatic heterocycles. The highest BCUT2D eigenvalue weighted by Gasteiger charge is 2.19. The minimum Gasteiger partial charge on any atom is -0.506 e. The van der Waals surface area contributed by atoms with E-state index < -0.39 is 5.97 Å². The molecule has 86 valence electrons. The predicted octanol–water partition coefficient (Wildman–Crippen LogP) is 2.08. The fraction of sp³-hybridized carbons (Fsp3) is 0.333. The Morgan fingerprint density at radius 1 is 1.31 bits per heavy atom. The van der Waals surface area contributed by atoms with Crippen molar-refractivity contribution in [2.75, 3.05) is 7.11 Å². The van der Waals surface area contributed by atoms with Gasteiger partial charge in [0.2, 0.25) is 0 Å². The molecule has 1 rings (SSSR count). The van der Waals surface area contributed by atoms with Gasteiger partial charge in [-0.05, 0) is 24.6 Å². The molecule has 1 aromatic carbocycles. The summed E-state index contributed by atoms with van der Waals surface area (Å²) in [4.78, 5) is 22.9. The molecule has 0 aliphatic rings. The number of aryl methyl sites for hydroxylation is 1. The van der Waals surface area contributed by atoms with Crippen LogP contribution in [0, 0.1) is 6.92 Å². The molecule has 1 N–H and O–H groups in total. The summed E-state index contributed by atoms with van der Waals surface area (Å²) in [5.41, 5.74) is 0.928. The smallest absolute Gasteiger partial charge is 0.341 e. The van der Waals surface area contributed by atoms with E-state index in [0.29, 0.717) is 0 Å². The average molecular weight is 222 g/mol. The highest BCUT2D eigenvalue weighted by atomic mass is 16.5. The standard InChI is InChI=1S/C12H14O4/c1-4-10(13)8-5-7(2)6-9(11(8)14)12(15)16-3/h5-6,14H,4H2,1-3H3. The maximum Gasteiger partial charge on any atom is 0.341 e. The molecule has 0 amide bonds. The van der Waals surface area contributed by atoms with E-state index in [0.717, 1.165) is 5.56 Å². The van der Waals surface area contributed by atoms with Gasteiger partial charge in [0, 0.05) is 6.42 Å². The predicted molar refractivity (Wildman–Crippen MR) is 58.8 cm³/mol. The second kappa shape index (κ2) is 4.79. The number of hydrogen-bond acceptors (Lipinski definition) is 4. The van der Waals surface area contributed by atoms with E-state index in [1.807, 2.05) is 0 Å². The Morgan fingerprint density at radius 2 is 1.88 bits per heavy atom. The molecule has 0 bridgehead atoms. The molecule has 0 heterocycles. The number of phenolic OH excluding ortho intramolecular Hbond substituents is 1. The molecule has 1 aromatic rings. The number of rotatable bonds is 3. The van der Waals surface area contributed by atoms with Gasteiger partial charge in [-0.25, -0.2) is 4.79 Å². The van der Waals surface area contributed by atoms with Crippen molar-refractivity contribution < 1.29 is 19.4 Å². The molecule has 0 radical (unpaired) electrons. The number of phenols is 1. The zero-order valence-corrected chi connectivity index (χ0v) is 9.53. The second-order valence-corrected chi connectivity index (χ2v) is 3.48. The molecule has 0 fully saturated rings. The number of methoxy groups -OCH3 is 1. The lowest BCUT2D eigenvalue weighted by molar-refractivity contribution is 0.0597. The van der Waals surface area contributed by atoms with Gasteiger partial charge in [-0.1, -0.05) is 6.92 Å². The van der Waals surface area contributed by atoms with Gasteiger partial charge in [-0.2, -0.15) is 0 Å². The van der Waals surface area contributed by atoms with Crippen LogP contribution in [0.3, 0.4) is 0 Å². The molecule has 0 atom stereocenters. The van der Waals surface area contributed by atoms with Crippen LogP contribution >= 0.6 is 0 Å². The number of hydrogen-bond donors (Lipinski definition) is 1. The Kier molecular flexibility index (Phi) is 3.66. The highest BCUT2D eigenvalue weighted by molar-refractivity contribution is 6.03. The van der Waals surface area contributed by atoms with Crippen molar-refractivity contribution in [2.45, 2.75) is 20.3 Å². The third-order valence-corrected chi connectivity index (χ3v) is 2.28. The molecule has 0 saturated carbocycles. The lowest BCUT2D eigenvalue weighted by Crippen LogP contribution is -2.06. The molecule has 0 unspecified atom stereocenters. The number of carbonyl (C=O) groups is 2. The van der Waals surface area contributed by atoms with E-state index in [1.54, 1.807) is 19.9 Å². The van der Waals surface area contributed by atoms with Crippen molar-refractivity contribution in [3.8, 4) is 5.75 Å². The summed E-state index contributed by atoms with van der Waals surface area (Å²) in [5, 5.41) is 9.79. The molecular formula is C12H14O4. The van der Waals surface area contributed by atoms with Crippen LogP contribution in [0.25, 0.3) is 0 Å². The first-order valence-electron chi connectivity index (χ1n) is 4.96. The van der Waals surface area contributed by atoms with Crippen LogP contribution in [0.5, 0.6) is 5.75 Å². The van der Waals surface area contributed by atoms with E-state index in [1.165, 1.54) is 13.2 Å². The zero-order chi connectivity index (χ0) is 12.3. The highest BCUT2D eigenvalue weighted by Crippen LogP contribution is 2.26. The lowest BCUT2D eigenvalue weighted by atomic mass is 10.0. The first kappa shape index (κ1) is 12.2. The lowest BCUT2D eigenvalue weighted by Gasteiger charge is -2.08. The van der Waals surface area contributed by atoms with Crippen LogP contribution in [0.1, 0.15) is 39.6 Å². The summed E-state index contributed by atoms with van der Waals surface area (Å²) in [6.07, 6.45) is 0.275. The molecular weight excluding hydrogens is 208 g/mol. The quantitative estimate of drug-likeness (QED) is 0.628. The first-order chi connectivity index (χ1) is 7.51. The molecule has 0 aliphatic carbocycles. The van der Waals surface area contributed by atoms with Gasteiger partial charge in [0.1, 0.15) is 11.3 Å². The summed E-state index contributed by atoms with van der Waals surface area (Å²) in [6, 6.07) is 3.06. The summed E-state index contributed by atoms with van der Waals surface area (Å²) in [6.45, 7) is 3.44. The minimum absolute atomic E-state index is 0.0271. The summed E-state index contributed by atoms with van der Waals surface area (Å²) < 4.78 is 4.53. The van der Waals surface area contributed by atoms with Crippen molar-refractivity contribution in [1.29, 1.82) is 0 Å². The Labute approximate surface area is 93.9 Å². The molecule has 4 nitrogen and oxygen atoms in total. The van der Waals surface area contributed by atoms with Gasteiger partial charge in [0.05, 0.1) is 12.7 Å². The Morgan fingerprint density at radius 3 is 2.38 bits per heavy atom. The first-order valence-corrected chi connectivity index (χ1v) is 4.96. The molecule has 16 heavy (non-hydrogen) atoms. The molecule has 0 spiro atoms. The number of benzene rings is 1. The Bertz CT molecular complexity index is 398. The van der Waals surface area contributed by atoms with E-state index >= 15 is 0 Å². The van der Waals surface area contributed by atoms with Gasteiger partial charge in [-0.15, -0.1) is 0 Å². The number of carbonyl (C=O) groups excluding carboxylic acids is 2. The number of ketones is 1. The third kappa shape index (κ3) is 2.21. The number of Topliss-reactive ketones (excluding diaryl/α,β-unsaturated/α-hetero) is 1. The summed E-state index contributed by atoms with van der Waals surface area (Å²) in [7, 11) is 1.23. The Balaban J connectivity index is 3.37. The van der Waals surface area contributed by atoms with Crippen LogP contribution in [0.4, 0.5) is 0 Å². The third-order valence-electron chi connectivity index (χ3n) is 2.28. The van der Waals surface area contributed by atoms with Crippen molar-refractivity contribution >= 4 is 11.8 Å². The van der Waals surface area contributed by atoms with E-state index in [2.05, 4.69) is 4.74 Å². The van der Waals surface area contributed by atoms with E-state index in [4.69, 9.17) is 0 Å². The summed E-state index contributed by atoms with van der Waals surface area (Å²) >= 11 is 0. The van der Waals surface area contributed by atoms with Crippen LogP contribution in [-0.2, 0) is 4.74 Å². The average Bonchev–Trinajstić information content (AvgIpc) is 2.29.